The third-order valence-corrected chi connectivity index (χ3v) is 6.56. The Hall–Kier alpha value is -2.44. The van der Waals surface area contributed by atoms with Crippen molar-refractivity contribution in [2.75, 3.05) is 0 Å². The SMILES string of the molecule is C1=CC(c2cccs2)(c2cccs2)Cc2[nH]nc(-c3cocn3)c21. The van der Waals surface area contributed by atoms with Gasteiger partial charge in [0.1, 0.15) is 17.7 Å². The van der Waals surface area contributed by atoms with Gasteiger partial charge in [0, 0.05) is 27.4 Å². The molecular weight excluding hydrogens is 338 g/mol. The first-order valence-electron chi connectivity index (χ1n) is 7.60. The number of nitrogens with zero attached hydrogens (tertiary/aromatic N) is 2. The maximum Gasteiger partial charge on any atom is 0.181 e. The van der Waals surface area contributed by atoms with E-state index in [9.17, 15) is 0 Å². The zero-order chi connectivity index (χ0) is 16.0. The summed E-state index contributed by atoms with van der Waals surface area (Å²) in [6.07, 6.45) is 8.41. The van der Waals surface area contributed by atoms with Gasteiger partial charge < -0.3 is 4.42 Å². The van der Waals surface area contributed by atoms with Gasteiger partial charge in [-0.25, -0.2) is 4.98 Å². The maximum atomic E-state index is 5.10. The quantitative estimate of drug-likeness (QED) is 0.580. The van der Waals surface area contributed by atoms with Gasteiger partial charge in [0.2, 0.25) is 0 Å². The fourth-order valence-corrected chi connectivity index (χ4v) is 5.22. The number of fused-ring (bicyclic) bond motifs is 1. The van der Waals surface area contributed by atoms with Crippen molar-refractivity contribution < 1.29 is 4.42 Å². The molecule has 6 heteroatoms. The predicted molar refractivity (Wildman–Crippen MR) is 96.2 cm³/mol. The molecule has 0 radical (unpaired) electrons. The third-order valence-electron chi connectivity index (χ3n) is 4.47. The minimum atomic E-state index is -0.122. The Morgan fingerprint density at radius 1 is 1.12 bits per heavy atom. The lowest BCUT2D eigenvalue weighted by molar-refractivity contribution is 0.558. The Bertz CT molecular complexity index is 945. The lowest BCUT2D eigenvalue weighted by Crippen LogP contribution is -2.28. The van der Waals surface area contributed by atoms with Crippen molar-refractivity contribution in [3.05, 3.63) is 74.8 Å². The molecule has 4 aromatic heterocycles. The van der Waals surface area contributed by atoms with Crippen LogP contribution in [-0.2, 0) is 11.8 Å². The highest BCUT2D eigenvalue weighted by Crippen LogP contribution is 2.45. The molecule has 118 valence electrons. The summed E-state index contributed by atoms with van der Waals surface area (Å²) < 4.78 is 5.10. The number of hydrogen-bond acceptors (Lipinski definition) is 5. The van der Waals surface area contributed by atoms with Crippen LogP contribution in [-0.4, -0.2) is 15.2 Å². The van der Waals surface area contributed by atoms with Crippen LogP contribution in [0.3, 0.4) is 0 Å². The number of H-pyrrole nitrogens is 1. The van der Waals surface area contributed by atoms with Crippen LogP contribution in [0.25, 0.3) is 17.5 Å². The van der Waals surface area contributed by atoms with Crippen LogP contribution in [0.15, 0.2) is 58.2 Å². The van der Waals surface area contributed by atoms with Crippen LogP contribution in [0.2, 0.25) is 0 Å². The summed E-state index contributed by atoms with van der Waals surface area (Å²) in [4.78, 5) is 6.93. The van der Waals surface area contributed by atoms with Crippen molar-refractivity contribution in [2.24, 2.45) is 0 Å². The van der Waals surface area contributed by atoms with E-state index in [1.807, 2.05) is 0 Å². The highest BCUT2D eigenvalue weighted by atomic mass is 32.1. The molecule has 0 amide bonds. The van der Waals surface area contributed by atoms with Crippen molar-refractivity contribution in [1.29, 1.82) is 0 Å². The number of aromatic amines is 1. The molecule has 4 nitrogen and oxygen atoms in total. The standard InChI is InChI=1S/C18H13N3OS2/c1-3-15(23-7-1)18(16-4-2-8-24-16)6-5-12-13(9-18)20-21-17(12)14-10-22-11-19-14/h1-8,10-11H,9H2,(H,20,21). The second kappa shape index (κ2) is 5.29. The largest absolute Gasteiger partial charge is 0.451 e. The molecule has 0 aromatic carbocycles. The smallest absolute Gasteiger partial charge is 0.181 e. The monoisotopic (exact) mass is 351 g/mol. The topological polar surface area (TPSA) is 54.7 Å². The van der Waals surface area contributed by atoms with Gasteiger partial charge in [0.05, 0.1) is 5.41 Å². The summed E-state index contributed by atoms with van der Waals surface area (Å²) in [6, 6.07) is 8.67. The predicted octanol–water partition coefficient (Wildman–Crippen LogP) is 4.74. The molecule has 1 N–H and O–H groups in total. The summed E-state index contributed by atoms with van der Waals surface area (Å²) in [6.45, 7) is 0. The number of aromatic nitrogens is 3. The summed E-state index contributed by atoms with van der Waals surface area (Å²) in [5.41, 5.74) is 3.73. The van der Waals surface area contributed by atoms with E-state index in [-0.39, 0.29) is 5.41 Å². The van der Waals surface area contributed by atoms with Crippen molar-refractivity contribution in [3.8, 4) is 11.4 Å². The Labute approximate surface area is 146 Å². The summed E-state index contributed by atoms with van der Waals surface area (Å²) in [7, 11) is 0. The molecule has 0 unspecified atom stereocenters. The second-order valence-electron chi connectivity index (χ2n) is 5.77. The molecule has 24 heavy (non-hydrogen) atoms. The molecular formula is C18H13N3OS2. The van der Waals surface area contributed by atoms with Crippen molar-refractivity contribution in [1.82, 2.24) is 15.2 Å². The second-order valence-corrected chi connectivity index (χ2v) is 7.67. The Balaban J connectivity index is 1.66. The van der Waals surface area contributed by atoms with E-state index in [4.69, 9.17) is 4.42 Å². The van der Waals surface area contributed by atoms with E-state index in [0.717, 1.165) is 29.1 Å². The average molecular weight is 351 g/mol. The highest BCUT2D eigenvalue weighted by molar-refractivity contribution is 7.11. The lowest BCUT2D eigenvalue weighted by Gasteiger charge is -2.31. The van der Waals surface area contributed by atoms with E-state index in [0.29, 0.717) is 0 Å². The van der Waals surface area contributed by atoms with Gasteiger partial charge in [0.25, 0.3) is 0 Å². The minimum absolute atomic E-state index is 0.122. The number of hydrogen-bond donors (Lipinski definition) is 1. The fourth-order valence-electron chi connectivity index (χ4n) is 3.31. The molecule has 0 spiro atoms. The summed E-state index contributed by atoms with van der Waals surface area (Å²) in [5, 5.41) is 12.0. The van der Waals surface area contributed by atoms with E-state index in [1.54, 1.807) is 28.9 Å². The first kappa shape index (κ1) is 13.9. The van der Waals surface area contributed by atoms with Crippen LogP contribution < -0.4 is 0 Å². The molecule has 0 bridgehead atoms. The molecule has 0 fully saturated rings. The molecule has 5 rings (SSSR count). The van der Waals surface area contributed by atoms with Gasteiger partial charge >= 0.3 is 0 Å². The van der Waals surface area contributed by atoms with Crippen molar-refractivity contribution in [2.45, 2.75) is 11.8 Å². The average Bonchev–Trinajstić information content (AvgIpc) is 3.43. The molecule has 0 saturated carbocycles. The summed E-state index contributed by atoms with van der Waals surface area (Å²) in [5.74, 6) is 0. The Morgan fingerprint density at radius 3 is 2.54 bits per heavy atom. The number of oxazole rings is 1. The van der Waals surface area contributed by atoms with Gasteiger partial charge in [-0.2, -0.15) is 5.10 Å². The minimum Gasteiger partial charge on any atom is -0.451 e. The molecule has 0 aliphatic heterocycles. The van der Waals surface area contributed by atoms with Crippen LogP contribution in [0.4, 0.5) is 0 Å². The number of thiophene rings is 2. The van der Waals surface area contributed by atoms with Gasteiger partial charge in [-0.3, -0.25) is 5.10 Å². The van der Waals surface area contributed by atoms with Crippen LogP contribution in [0.1, 0.15) is 21.0 Å². The Morgan fingerprint density at radius 2 is 1.92 bits per heavy atom. The van der Waals surface area contributed by atoms with Crippen molar-refractivity contribution in [3.63, 3.8) is 0 Å². The Kier molecular flexibility index (Phi) is 3.08. The van der Waals surface area contributed by atoms with E-state index >= 15 is 0 Å². The van der Waals surface area contributed by atoms with E-state index in [2.05, 4.69) is 62.4 Å². The molecule has 1 aliphatic rings. The van der Waals surface area contributed by atoms with Gasteiger partial charge in [-0.15, -0.1) is 22.7 Å². The van der Waals surface area contributed by atoms with Gasteiger partial charge in [-0.1, -0.05) is 24.3 Å². The highest BCUT2D eigenvalue weighted by Gasteiger charge is 2.38. The van der Waals surface area contributed by atoms with Gasteiger partial charge in [-0.05, 0) is 22.9 Å². The molecule has 4 heterocycles. The zero-order valence-electron chi connectivity index (χ0n) is 12.6. The molecule has 0 saturated heterocycles. The maximum absolute atomic E-state index is 5.10. The van der Waals surface area contributed by atoms with Crippen LogP contribution >= 0.6 is 22.7 Å². The normalized spacial score (nSPS) is 15.5. The van der Waals surface area contributed by atoms with E-state index in [1.165, 1.54) is 16.1 Å². The lowest BCUT2D eigenvalue weighted by atomic mass is 9.75. The van der Waals surface area contributed by atoms with Crippen LogP contribution in [0, 0.1) is 0 Å². The number of allylic oxidation sites excluding steroid dienone is 1. The first-order valence-corrected chi connectivity index (χ1v) is 9.36. The van der Waals surface area contributed by atoms with E-state index < -0.39 is 0 Å². The molecule has 4 aromatic rings. The van der Waals surface area contributed by atoms with Gasteiger partial charge in [0.15, 0.2) is 6.39 Å². The van der Waals surface area contributed by atoms with Crippen molar-refractivity contribution >= 4 is 28.7 Å². The van der Waals surface area contributed by atoms with Crippen LogP contribution in [0.5, 0.6) is 0 Å². The fraction of sp³-hybridized carbons (Fsp3) is 0.111. The zero-order valence-corrected chi connectivity index (χ0v) is 14.2. The molecule has 1 aliphatic carbocycles. The third kappa shape index (κ3) is 1.96. The number of rotatable bonds is 3. The molecule has 0 atom stereocenters. The first-order chi connectivity index (χ1) is 11.9. The number of nitrogens with one attached hydrogen (secondary N) is 1. The summed E-state index contributed by atoms with van der Waals surface area (Å²) >= 11 is 3.60.